The fraction of sp³-hybridized carbons (Fsp3) is 0.913. The Morgan fingerprint density at radius 1 is 0.704 bits per heavy atom. The van der Waals surface area contributed by atoms with Gasteiger partial charge in [-0.05, 0) is 31.6 Å². The first-order valence-corrected chi connectivity index (χ1v) is 11.5. The van der Waals surface area contributed by atoms with Crippen molar-refractivity contribution in [2.75, 3.05) is 6.61 Å². The van der Waals surface area contributed by atoms with Crippen LogP contribution in [0, 0.1) is 5.92 Å². The number of carboxylic acids is 1. The van der Waals surface area contributed by atoms with E-state index in [1.807, 2.05) is 0 Å². The summed E-state index contributed by atoms with van der Waals surface area (Å²) in [5.74, 6) is -0.381. The molecular weight excluding hydrogens is 340 g/mol. The number of carboxylic acid groups (broad SMARTS) is 1. The lowest BCUT2D eigenvalue weighted by Gasteiger charge is -2.17. The number of esters is 1. The first-order valence-electron chi connectivity index (χ1n) is 11.5. The average molecular weight is 385 g/mol. The number of unbranched alkanes of at least 4 members (excludes halogenated alkanes) is 10. The summed E-state index contributed by atoms with van der Waals surface area (Å²) in [6.45, 7) is 5.04. The quantitative estimate of drug-likeness (QED) is 0.183. The Kier molecular flexibility index (Phi) is 18.9. The summed E-state index contributed by atoms with van der Waals surface area (Å²) >= 11 is 0. The zero-order valence-corrected chi connectivity index (χ0v) is 18.0. The van der Waals surface area contributed by atoms with Gasteiger partial charge in [-0.15, -0.1) is 0 Å². The van der Waals surface area contributed by atoms with Crippen molar-refractivity contribution >= 4 is 11.9 Å². The van der Waals surface area contributed by atoms with E-state index in [0.717, 1.165) is 12.8 Å². The van der Waals surface area contributed by atoms with Gasteiger partial charge in [-0.2, -0.15) is 0 Å². The molecule has 0 aromatic rings. The van der Waals surface area contributed by atoms with Gasteiger partial charge >= 0.3 is 11.9 Å². The lowest BCUT2D eigenvalue weighted by Crippen LogP contribution is -2.14. The van der Waals surface area contributed by atoms with E-state index < -0.39 is 5.97 Å². The predicted molar refractivity (Wildman–Crippen MR) is 112 cm³/mol. The Morgan fingerprint density at radius 2 is 1.19 bits per heavy atom. The Hall–Kier alpha value is -1.06. The van der Waals surface area contributed by atoms with E-state index in [-0.39, 0.29) is 12.4 Å². The highest BCUT2D eigenvalue weighted by Gasteiger charge is 2.12. The highest BCUT2D eigenvalue weighted by molar-refractivity contribution is 5.69. The van der Waals surface area contributed by atoms with Crippen LogP contribution in [-0.4, -0.2) is 23.7 Å². The van der Waals surface area contributed by atoms with Crippen molar-refractivity contribution in [3.8, 4) is 0 Å². The molecule has 1 N–H and O–H groups in total. The van der Waals surface area contributed by atoms with Gasteiger partial charge in [0.15, 0.2) is 0 Å². The Balaban J connectivity index is 3.94. The third kappa shape index (κ3) is 19.5. The van der Waals surface area contributed by atoms with Crippen molar-refractivity contribution < 1.29 is 19.4 Å². The number of aliphatic carboxylic acids is 1. The van der Waals surface area contributed by atoms with E-state index in [4.69, 9.17) is 9.84 Å². The number of hydrogen-bond acceptors (Lipinski definition) is 3. The van der Waals surface area contributed by atoms with Crippen LogP contribution in [0.1, 0.15) is 123 Å². The fourth-order valence-corrected chi connectivity index (χ4v) is 3.39. The van der Waals surface area contributed by atoms with Crippen molar-refractivity contribution in [2.24, 2.45) is 5.92 Å². The number of carbonyl (C=O) groups excluding carboxylic acids is 1. The monoisotopic (exact) mass is 384 g/mol. The minimum Gasteiger partial charge on any atom is -0.481 e. The Bertz CT molecular complexity index is 354. The van der Waals surface area contributed by atoms with Gasteiger partial charge in [-0.25, -0.2) is 0 Å². The van der Waals surface area contributed by atoms with E-state index in [9.17, 15) is 9.59 Å². The zero-order valence-electron chi connectivity index (χ0n) is 18.0. The van der Waals surface area contributed by atoms with Gasteiger partial charge in [0.05, 0.1) is 6.61 Å². The van der Waals surface area contributed by atoms with Gasteiger partial charge < -0.3 is 9.84 Å². The largest absolute Gasteiger partial charge is 0.481 e. The first-order chi connectivity index (χ1) is 13.1. The van der Waals surface area contributed by atoms with Crippen LogP contribution < -0.4 is 0 Å². The minimum absolute atomic E-state index is 0.119. The summed E-state index contributed by atoms with van der Waals surface area (Å²) in [6.07, 6.45) is 18.0. The molecule has 0 radical (unpaired) electrons. The van der Waals surface area contributed by atoms with Gasteiger partial charge in [0.1, 0.15) is 0 Å². The Labute approximate surface area is 167 Å². The van der Waals surface area contributed by atoms with Crippen LogP contribution in [0.2, 0.25) is 0 Å². The van der Waals surface area contributed by atoms with E-state index >= 15 is 0 Å². The predicted octanol–water partition coefficient (Wildman–Crippen LogP) is 6.90. The molecule has 0 bridgehead atoms. The molecule has 0 aromatic carbocycles. The maximum atomic E-state index is 11.9. The summed E-state index contributed by atoms with van der Waals surface area (Å²) in [4.78, 5) is 22.4. The maximum absolute atomic E-state index is 11.9. The van der Waals surface area contributed by atoms with E-state index in [1.165, 1.54) is 77.0 Å². The zero-order chi connectivity index (χ0) is 20.2. The highest BCUT2D eigenvalue weighted by atomic mass is 16.5. The molecule has 1 unspecified atom stereocenters. The van der Waals surface area contributed by atoms with Crippen molar-refractivity contribution in [1.29, 1.82) is 0 Å². The molecule has 0 fully saturated rings. The molecule has 1 atom stereocenters. The van der Waals surface area contributed by atoms with Crippen LogP contribution in [0.25, 0.3) is 0 Å². The minimum atomic E-state index is -0.766. The number of hydrogen-bond donors (Lipinski definition) is 1. The highest BCUT2D eigenvalue weighted by Crippen LogP contribution is 2.19. The van der Waals surface area contributed by atoms with Crippen molar-refractivity contribution in [3.05, 3.63) is 0 Å². The molecular formula is C23H44O4. The average Bonchev–Trinajstić information content (AvgIpc) is 2.64. The molecule has 4 heteroatoms. The lowest BCUT2D eigenvalue weighted by molar-refractivity contribution is -0.145. The molecule has 27 heavy (non-hydrogen) atoms. The molecule has 0 aliphatic carbocycles. The number of ether oxygens (including phenoxy) is 1. The molecule has 0 aliphatic heterocycles. The molecule has 0 aromatic heterocycles. The van der Waals surface area contributed by atoms with Crippen molar-refractivity contribution in [2.45, 2.75) is 123 Å². The van der Waals surface area contributed by atoms with Crippen LogP contribution in [0.15, 0.2) is 0 Å². The SMILES string of the molecule is CCCCCCCCC(CCCCCC)COC(=O)CCCCCC(=O)O. The Morgan fingerprint density at radius 3 is 1.78 bits per heavy atom. The standard InChI is InChI=1S/C23H44O4/c1-3-5-7-9-10-13-17-21(16-12-8-6-4-2)20-27-23(26)19-15-11-14-18-22(24)25/h21H,3-20H2,1-2H3,(H,24,25). The third-order valence-corrected chi connectivity index (χ3v) is 5.18. The topological polar surface area (TPSA) is 63.6 Å². The summed E-state index contributed by atoms with van der Waals surface area (Å²) < 4.78 is 5.53. The van der Waals surface area contributed by atoms with E-state index in [2.05, 4.69) is 13.8 Å². The molecule has 4 nitrogen and oxygen atoms in total. The number of carbonyl (C=O) groups is 2. The fourth-order valence-electron chi connectivity index (χ4n) is 3.39. The van der Waals surface area contributed by atoms with E-state index in [1.54, 1.807) is 0 Å². The first kappa shape index (κ1) is 25.9. The van der Waals surface area contributed by atoms with Gasteiger partial charge in [-0.3, -0.25) is 9.59 Å². The molecule has 0 rings (SSSR count). The molecule has 0 amide bonds. The van der Waals surface area contributed by atoms with Gasteiger partial charge in [-0.1, -0.05) is 84.5 Å². The van der Waals surface area contributed by atoms with Gasteiger partial charge in [0.25, 0.3) is 0 Å². The second-order valence-electron chi connectivity index (χ2n) is 7.91. The normalized spacial score (nSPS) is 12.1. The molecule has 0 heterocycles. The smallest absolute Gasteiger partial charge is 0.305 e. The van der Waals surface area contributed by atoms with E-state index in [0.29, 0.717) is 25.4 Å². The van der Waals surface area contributed by atoms with Gasteiger partial charge in [0.2, 0.25) is 0 Å². The van der Waals surface area contributed by atoms with Crippen molar-refractivity contribution in [3.63, 3.8) is 0 Å². The van der Waals surface area contributed by atoms with Crippen LogP contribution in [0.4, 0.5) is 0 Å². The number of rotatable bonds is 20. The van der Waals surface area contributed by atoms with Crippen LogP contribution in [0.3, 0.4) is 0 Å². The molecule has 0 aliphatic rings. The second kappa shape index (κ2) is 19.7. The maximum Gasteiger partial charge on any atom is 0.305 e. The molecule has 0 saturated carbocycles. The lowest BCUT2D eigenvalue weighted by atomic mass is 9.95. The van der Waals surface area contributed by atoms with Crippen molar-refractivity contribution in [1.82, 2.24) is 0 Å². The van der Waals surface area contributed by atoms with Crippen LogP contribution in [-0.2, 0) is 14.3 Å². The molecule has 0 saturated heterocycles. The summed E-state index contributed by atoms with van der Waals surface area (Å²) in [7, 11) is 0. The van der Waals surface area contributed by atoms with Crippen LogP contribution >= 0.6 is 0 Å². The van der Waals surface area contributed by atoms with Crippen LogP contribution in [0.5, 0.6) is 0 Å². The second-order valence-corrected chi connectivity index (χ2v) is 7.91. The molecule has 0 spiro atoms. The molecule has 160 valence electrons. The summed E-state index contributed by atoms with van der Waals surface area (Å²) in [5.41, 5.74) is 0. The third-order valence-electron chi connectivity index (χ3n) is 5.18. The summed E-state index contributed by atoms with van der Waals surface area (Å²) in [6, 6.07) is 0. The summed E-state index contributed by atoms with van der Waals surface area (Å²) in [5, 5.41) is 8.61. The van der Waals surface area contributed by atoms with Gasteiger partial charge in [0, 0.05) is 12.8 Å².